The standard InChI is InChI=1S/C14H17Cl2NO/c1-9(11-6-7-12(15)13(16)8-11)17-14(18)10-4-2-3-5-10/h6-10H,2-5H2,1H3,(H,17,18)/t9-/m1/s1. The average Bonchev–Trinajstić information content (AvgIpc) is 2.86. The summed E-state index contributed by atoms with van der Waals surface area (Å²) in [6.07, 6.45) is 4.36. The summed E-state index contributed by atoms with van der Waals surface area (Å²) in [5, 5.41) is 4.11. The molecule has 1 amide bonds. The third kappa shape index (κ3) is 3.18. The minimum atomic E-state index is -0.0344. The second kappa shape index (κ2) is 5.94. The number of hydrogen-bond acceptors (Lipinski definition) is 1. The van der Waals surface area contributed by atoms with E-state index in [-0.39, 0.29) is 17.9 Å². The van der Waals surface area contributed by atoms with E-state index < -0.39 is 0 Å². The molecule has 1 N–H and O–H groups in total. The van der Waals surface area contributed by atoms with Gasteiger partial charge in [-0.15, -0.1) is 0 Å². The number of carbonyl (C=O) groups excluding carboxylic acids is 1. The maximum Gasteiger partial charge on any atom is 0.223 e. The molecule has 0 unspecified atom stereocenters. The fourth-order valence-corrected chi connectivity index (χ4v) is 2.69. The largest absolute Gasteiger partial charge is 0.349 e. The molecule has 2 nitrogen and oxygen atoms in total. The molecule has 0 aromatic heterocycles. The smallest absolute Gasteiger partial charge is 0.223 e. The lowest BCUT2D eigenvalue weighted by Gasteiger charge is -2.17. The normalized spacial score (nSPS) is 17.7. The predicted octanol–water partition coefficient (Wildman–Crippen LogP) is 4.36. The molecule has 1 fully saturated rings. The molecule has 2 rings (SSSR count). The van der Waals surface area contributed by atoms with Gasteiger partial charge in [-0.1, -0.05) is 42.1 Å². The molecule has 0 saturated heterocycles. The van der Waals surface area contributed by atoms with Crippen molar-refractivity contribution in [1.29, 1.82) is 0 Å². The molecule has 1 aromatic carbocycles. The van der Waals surface area contributed by atoms with Crippen molar-refractivity contribution in [3.05, 3.63) is 33.8 Å². The first-order chi connectivity index (χ1) is 8.58. The molecule has 1 aliphatic carbocycles. The number of nitrogens with one attached hydrogen (secondary N) is 1. The third-order valence-electron chi connectivity index (χ3n) is 3.53. The van der Waals surface area contributed by atoms with E-state index in [1.165, 1.54) is 12.8 Å². The molecule has 18 heavy (non-hydrogen) atoms. The first-order valence-corrected chi connectivity index (χ1v) is 7.09. The van der Waals surface area contributed by atoms with Crippen LogP contribution >= 0.6 is 23.2 Å². The number of hydrogen-bond donors (Lipinski definition) is 1. The Morgan fingerprint density at radius 2 is 1.94 bits per heavy atom. The summed E-state index contributed by atoms with van der Waals surface area (Å²) < 4.78 is 0. The van der Waals surface area contributed by atoms with E-state index in [2.05, 4.69) is 5.32 Å². The highest BCUT2D eigenvalue weighted by Crippen LogP contribution is 2.28. The zero-order valence-electron chi connectivity index (χ0n) is 10.4. The quantitative estimate of drug-likeness (QED) is 0.878. The minimum absolute atomic E-state index is 0.0344. The Bertz CT molecular complexity index is 441. The highest BCUT2D eigenvalue weighted by Gasteiger charge is 2.23. The molecular weight excluding hydrogens is 269 g/mol. The molecule has 1 atom stereocenters. The molecule has 1 aromatic rings. The first kappa shape index (κ1) is 13.7. The van der Waals surface area contributed by atoms with Crippen LogP contribution in [0.15, 0.2) is 18.2 Å². The SMILES string of the molecule is C[C@@H](NC(=O)C1CCCC1)c1ccc(Cl)c(Cl)c1. The van der Waals surface area contributed by atoms with Gasteiger partial charge >= 0.3 is 0 Å². The van der Waals surface area contributed by atoms with E-state index in [0.29, 0.717) is 10.0 Å². The highest BCUT2D eigenvalue weighted by atomic mass is 35.5. The maximum atomic E-state index is 12.0. The second-order valence-corrected chi connectivity index (χ2v) is 5.70. The van der Waals surface area contributed by atoms with E-state index in [1.54, 1.807) is 6.07 Å². The minimum Gasteiger partial charge on any atom is -0.349 e. The zero-order valence-corrected chi connectivity index (χ0v) is 11.9. The molecule has 0 radical (unpaired) electrons. The van der Waals surface area contributed by atoms with Crippen molar-refractivity contribution in [3.63, 3.8) is 0 Å². The van der Waals surface area contributed by atoms with Gasteiger partial charge in [-0.25, -0.2) is 0 Å². The number of amides is 1. The summed E-state index contributed by atoms with van der Waals surface area (Å²) in [7, 11) is 0. The Balaban J connectivity index is 2.00. The van der Waals surface area contributed by atoms with Crippen molar-refractivity contribution >= 4 is 29.1 Å². The van der Waals surface area contributed by atoms with Gasteiger partial charge in [0, 0.05) is 5.92 Å². The molecule has 98 valence electrons. The lowest BCUT2D eigenvalue weighted by atomic mass is 10.0. The summed E-state index contributed by atoms with van der Waals surface area (Å²) in [6, 6.07) is 5.43. The van der Waals surface area contributed by atoms with Crippen molar-refractivity contribution < 1.29 is 4.79 Å². The van der Waals surface area contributed by atoms with E-state index >= 15 is 0 Å². The van der Waals surface area contributed by atoms with Crippen molar-refractivity contribution in [2.24, 2.45) is 5.92 Å². The Morgan fingerprint density at radius 1 is 1.28 bits per heavy atom. The molecule has 4 heteroatoms. The van der Waals surface area contributed by atoms with Crippen LogP contribution in [0, 0.1) is 5.92 Å². The highest BCUT2D eigenvalue weighted by molar-refractivity contribution is 6.42. The molecular formula is C14H17Cl2NO. The van der Waals surface area contributed by atoms with E-state index in [0.717, 1.165) is 18.4 Å². The fourth-order valence-electron chi connectivity index (χ4n) is 2.38. The summed E-state index contributed by atoms with van der Waals surface area (Å²) in [6.45, 7) is 1.96. The van der Waals surface area contributed by atoms with Gasteiger partial charge in [0.15, 0.2) is 0 Å². The van der Waals surface area contributed by atoms with Crippen LogP contribution in [0.3, 0.4) is 0 Å². The van der Waals surface area contributed by atoms with Gasteiger partial charge in [0.1, 0.15) is 0 Å². The zero-order chi connectivity index (χ0) is 13.1. The van der Waals surface area contributed by atoms with Gasteiger partial charge in [0.2, 0.25) is 5.91 Å². The van der Waals surface area contributed by atoms with Gasteiger partial charge in [-0.2, -0.15) is 0 Å². The van der Waals surface area contributed by atoms with Gasteiger partial charge in [0.25, 0.3) is 0 Å². The monoisotopic (exact) mass is 285 g/mol. The average molecular weight is 286 g/mol. The molecule has 1 aliphatic rings. The topological polar surface area (TPSA) is 29.1 Å². The van der Waals surface area contributed by atoms with Crippen molar-refractivity contribution in [2.45, 2.75) is 38.6 Å². The number of rotatable bonds is 3. The number of carbonyl (C=O) groups is 1. The van der Waals surface area contributed by atoms with Crippen LogP contribution in [0.2, 0.25) is 10.0 Å². The number of benzene rings is 1. The van der Waals surface area contributed by atoms with Crippen LogP contribution < -0.4 is 5.32 Å². The van der Waals surface area contributed by atoms with Crippen LogP contribution in [0.25, 0.3) is 0 Å². The van der Waals surface area contributed by atoms with E-state index in [4.69, 9.17) is 23.2 Å². The molecule has 0 bridgehead atoms. The Morgan fingerprint density at radius 3 is 2.56 bits per heavy atom. The van der Waals surface area contributed by atoms with Crippen LogP contribution in [0.4, 0.5) is 0 Å². The number of halogens is 2. The molecule has 0 aliphatic heterocycles. The summed E-state index contributed by atoms with van der Waals surface area (Å²) >= 11 is 11.9. The maximum absolute atomic E-state index is 12.0. The summed E-state index contributed by atoms with van der Waals surface area (Å²) in [5.74, 6) is 0.348. The lowest BCUT2D eigenvalue weighted by Crippen LogP contribution is -2.31. The van der Waals surface area contributed by atoms with Crippen molar-refractivity contribution in [2.75, 3.05) is 0 Å². The van der Waals surface area contributed by atoms with Gasteiger partial charge in [-0.05, 0) is 37.5 Å². The molecule has 0 spiro atoms. The first-order valence-electron chi connectivity index (χ1n) is 6.33. The van der Waals surface area contributed by atoms with Crippen LogP contribution in [0.5, 0.6) is 0 Å². The Labute approximate surface area is 118 Å². The second-order valence-electron chi connectivity index (χ2n) is 4.89. The Kier molecular flexibility index (Phi) is 4.52. The molecule has 1 saturated carbocycles. The fraction of sp³-hybridized carbons (Fsp3) is 0.500. The van der Waals surface area contributed by atoms with Crippen LogP contribution in [0.1, 0.15) is 44.2 Å². The lowest BCUT2D eigenvalue weighted by molar-refractivity contribution is -0.125. The summed E-state index contributed by atoms with van der Waals surface area (Å²) in [5.41, 5.74) is 0.982. The van der Waals surface area contributed by atoms with Gasteiger partial charge in [0.05, 0.1) is 16.1 Å². The third-order valence-corrected chi connectivity index (χ3v) is 4.27. The Hall–Kier alpha value is -0.730. The molecule has 0 heterocycles. The van der Waals surface area contributed by atoms with Gasteiger partial charge in [-0.3, -0.25) is 4.79 Å². The summed E-state index contributed by atoms with van der Waals surface area (Å²) in [4.78, 5) is 12.0. The van der Waals surface area contributed by atoms with E-state index in [1.807, 2.05) is 19.1 Å². The predicted molar refractivity (Wildman–Crippen MR) is 75.0 cm³/mol. The van der Waals surface area contributed by atoms with Crippen LogP contribution in [-0.4, -0.2) is 5.91 Å². The van der Waals surface area contributed by atoms with Crippen molar-refractivity contribution in [1.82, 2.24) is 5.32 Å². The van der Waals surface area contributed by atoms with Gasteiger partial charge < -0.3 is 5.32 Å². The van der Waals surface area contributed by atoms with Crippen molar-refractivity contribution in [3.8, 4) is 0 Å². The van der Waals surface area contributed by atoms with Crippen LogP contribution in [-0.2, 0) is 4.79 Å². The van der Waals surface area contributed by atoms with E-state index in [9.17, 15) is 4.79 Å².